The number of aryl methyl sites for hydroxylation is 2. The number of nitrogens with one attached hydrogen (secondary N) is 1. The van der Waals surface area contributed by atoms with E-state index >= 15 is 0 Å². The van der Waals surface area contributed by atoms with E-state index in [2.05, 4.69) is 37.5 Å². The third-order valence-electron chi connectivity index (χ3n) is 4.69. The normalized spacial score (nSPS) is 10.8. The summed E-state index contributed by atoms with van der Waals surface area (Å²) in [6.45, 7) is 4.00. The summed E-state index contributed by atoms with van der Waals surface area (Å²) in [7, 11) is 0. The molecule has 8 heteroatoms. The first kappa shape index (κ1) is 22.1. The second kappa shape index (κ2) is 9.58. The second-order valence-electron chi connectivity index (χ2n) is 7.35. The number of para-hydroxylation sites is 1. The van der Waals surface area contributed by atoms with Crippen molar-refractivity contribution in [1.29, 1.82) is 0 Å². The van der Waals surface area contributed by atoms with Crippen LogP contribution in [0.2, 0.25) is 0 Å². The number of benzene rings is 3. The second-order valence-corrected chi connectivity index (χ2v) is 9.21. The molecule has 0 atom stereocenters. The molecule has 4 rings (SSSR count). The van der Waals surface area contributed by atoms with Crippen molar-refractivity contribution in [2.75, 3.05) is 11.1 Å². The summed E-state index contributed by atoms with van der Waals surface area (Å²) >= 11 is 4.73. The third kappa shape index (κ3) is 5.03. The molecule has 162 valence electrons. The summed E-state index contributed by atoms with van der Waals surface area (Å²) in [5.74, 6) is 0.631. The first-order valence-corrected chi connectivity index (χ1v) is 11.7. The molecule has 0 bridgehead atoms. The van der Waals surface area contributed by atoms with Gasteiger partial charge in [-0.1, -0.05) is 52.0 Å². The lowest BCUT2D eigenvalue weighted by molar-refractivity contribution is -0.113. The molecule has 0 saturated carbocycles. The zero-order chi connectivity index (χ0) is 22.7. The minimum absolute atomic E-state index is 0.0990. The lowest BCUT2D eigenvalue weighted by atomic mass is 10.1. The van der Waals surface area contributed by atoms with Gasteiger partial charge in [-0.15, -0.1) is 10.2 Å². The number of hydrogen-bond acceptors (Lipinski definition) is 5. The van der Waals surface area contributed by atoms with Crippen LogP contribution in [-0.2, 0) is 4.79 Å². The van der Waals surface area contributed by atoms with Gasteiger partial charge in [-0.3, -0.25) is 9.36 Å². The van der Waals surface area contributed by atoms with Gasteiger partial charge in [-0.25, -0.2) is 0 Å². The van der Waals surface area contributed by atoms with E-state index in [1.807, 2.05) is 60.9 Å². The summed E-state index contributed by atoms with van der Waals surface area (Å²) < 4.78 is 2.66. The van der Waals surface area contributed by atoms with Gasteiger partial charge in [0.1, 0.15) is 5.75 Å². The fourth-order valence-electron chi connectivity index (χ4n) is 3.41. The topological polar surface area (TPSA) is 80.0 Å². The average molecular weight is 509 g/mol. The van der Waals surface area contributed by atoms with Crippen LogP contribution in [0.15, 0.2) is 76.4 Å². The van der Waals surface area contributed by atoms with E-state index in [4.69, 9.17) is 0 Å². The highest BCUT2D eigenvalue weighted by Crippen LogP contribution is 2.34. The van der Waals surface area contributed by atoms with E-state index in [0.29, 0.717) is 16.5 Å². The number of rotatable bonds is 6. The first-order valence-electron chi connectivity index (χ1n) is 9.91. The number of aromatic hydroxyl groups is 1. The van der Waals surface area contributed by atoms with Gasteiger partial charge in [0, 0.05) is 15.8 Å². The largest absolute Gasteiger partial charge is 0.507 e. The molecule has 2 N–H and O–H groups in total. The zero-order valence-corrected chi connectivity index (χ0v) is 19.9. The van der Waals surface area contributed by atoms with Crippen LogP contribution in [-0.4, -0.2) is 31.5 Å². The minimum Gasteiger partial charge on any atom is -0.507 e. The molecule has 0 unspecified atom stereocenters. The van der Waals surface area contributed by atoms with Crippen molar-refractivity contribution in [3.63, 3.8) is 0 Å². The Morgan fingerprint density at radius 3 is 2.47 bits per heavy atom. The molecule has 32 heavy (non-hydrogen) atoms. The van der Waals surface area contributed by atoms with E-state index < -0.39 is 0 Å². The van der Waals surface area contributed by atoms with E-state index in [9.17, 15) is 9.90 Å². The van der Waals surface area contributed by atoms with E-state index in [0.717, 1.165) is 27.0 Å². The van der Waals surface area contributed by atoms with Crippen LogP contribution >= 0.6 is 27.7 Å². The first-order chi connectivity index (χ1) is 15.4. The fraction of sp³-hybridized carbons (Fsp3) is 0.125. The molecule has 1 amide bonds. The lowest BCUT2D eigenvalue weighted by Gasteiger charge is -2.12. The van der Waals surface area contributed by atoms with Gasteiger partial charge in [0.15, 0.2) is 11.0 Å². The van der Waals surface area contributed by atoms with Crippen LogP contribution in [0.1, 0.15) is 11.1 Å². The van der Waals surface area contributed by atoms with Crippen molar-refractivity contribution in [3.8, 4) is 22.8 Å². The van der Waals surface area contributed by atoms with E-state index in [1.165, 1.54) is 11.8 Å². The van der Waals surface area contributed by atoms with Crippen LogP contribution < -0.4 is 5.32 Å². The molecule has 0 spiro atoms. The van der Waals surface area contributed by atoms with Crippen LogP contribution in [0.25, 0.3) is 17.1 Å². The van der Waals surface area contributed by atoms with Gasteiger partial charge < -0.3 is 10.4 Å². The number of halogens is 1. The molecule has 0 aliphatic rings. The van der Waals surface area contributed by atoms with Crippen LogP contribution in [0.3, 0.4) is 0 Å². The molecule has 0 radical (unpaired) electrons. The minimum atomic E-state index is -0.130. The SMILES string of the molecule is Cc1cc(C)cc(NC(=O)CSc2nnc(-c3cc(Br)ccc3O)n2-c2ccccc2)c1. The van der Waals surface area contributed by atoms with Gasteiger partial charge in [0.25, 0.3) is 0 Å². The third-order valence-corrected chi connectivity index (χ3v) is 6.11. The maximum Gasteiger partial charge on any atom is 0.234 e. The van der Waals surface area contributed by atoms with Gasteiger partial charge >= 0.3 is 0 Å². The molecule has 1 heterocycles. The molecule has 0 aliphatic carbocycles. The lowest BCUT2D eigenvalue weighted by Crippen LogP contribution is -2.14. The Balaban J connectivity index is 1.62. The molecule has 3 aromatic carbocycles. The quantitative estimate of drug-likeness (QED) is 0.324. The van der Waals surface area contributed by atoms with E-state index in [-0.39, 0.29) is 17.4 Å². The van der Waals surface area contributed by atoms with Crippen LogP contribution in [0, 0.1) is 13.8 Å². The van der Waals surface area contributed by atoms with E-state index in [1.54, 1.807) is 18.2 Å². The smallest absolute Gasteiger partial charge is 0.234 e. The number of phenolic OH excluding ortho intramolecular Hbond substituents is 1. The Kier molecular flexibility index (Phi) is 6.62. The number of anilines is 1. The van der Waals surface area contributed by atoms with Gasteiger partial charge in [0.05, 0.1) is 11.3 Å². The molecular weight excluding hydrogens is 488 g/mol. The standard InChI is InChI=1S/C24H21BrN4O2S/c1-15-10-16(2)12-18(11-15)26-22(31)14-32-24-28-27-23(20-13-17(25)8-9-21(20)30)29(24)19-6-4-3-5-7-19/h3-13,30H,14H2,1-2H3,(H,26,31). The van der Waals surface area contributed by atoms with Crippen molar-refractivity contribution in [1.82, 2.24) is 14.8 Å². The summed E-state index contributed by atoms with van der Waals surface area (Å²) in [6.07, 6.45) is 0. The molecular formula is C24H21BrN4O2S. The highest BCUT2D eigenvalue weighted by molar-refractivity contribution is 9.10. The van der Waals surface area contributed by atoms with Gasteiger partial charge in [0.2, 0.25) is 5.91 Å². The number of nitrogens with zero attached hydrogens (tertiary/aromatic N) is 3. The highest BCUT2D eigenvalue weighted by Gasteiger charge is 2.19. The Morgan fingerprint density at radius 2 is 1.75 bits per heavy atom. The number of thioether (sulfide) groups is 1. The van der Waals surface area contributed by atoms with Crippen molar-refractivity contribution in [2.24, 2.45) is 0 Å². The van der Waals surface area contributed by atoms with Crippen LogP contribution in [0.4, 0.5) is 5.69 Å². The number of phenols is 1. The van der Waals surface area contributed by atoms with Gasteiger partial charge in [-0.05, 0) is 67.4 Å². The molecule has 0 saturated heterocycles. The molecule has 0 aliphatic heterocycles. The predicted octanol–water partition coefficient (Wildman–Crippen LogP) is 5.75. The molecule has 0 fully saturated rings. The maximum absolute atomic E-state index is 12.6. The van der Waals surface area contributed by atoms with Crippen LogP contribution in [0.5, 0.6) is 5.75 Å². The number of amides is 1. The monoisotopic (exact) mass is 508 g/mol. The number of carbonyl (C=O) groups is 1. The summed E-state index contributed by atoms with van der Waals surface area (Å²) in [5.41, 5.74) is 4.34. The average Bonchev–Trinajstić information content (AvgIpc) is 3.17. The van der Waals surface area contributed by atoms with Crippen molar-refractivity contribution < 1.29 is 9.90 Å². The summed E-state index contributed by atoms with van der Waals surface area (Å²) in [4.78, 5) is 12.6. The summed E-state index contributed by atoms with van der Waals surface area (Å²) in [5, 5.41) is 22.6. The summed E-state index contributed by atoms with van der Waals surface area (Å²) in [6, 6.07) is 20.7. The Labute approximate surface area is 198 Å². The fourth-order valence-corrected chi connectivity index (χ4v) is 4.52. The molecule has 1 aromatic heterocycles. The van der Waals surface area contributed by atoms with Crippen molar-refractivity contribution in [2.45, 2.75) is 19.0 Å². The highest BCUT2D eigenvalue weighted by atomic mass is 79.9. The van der Waals surface area contributed by atoms with Gasteiger partial charge in [-0.2, -0.15) is 0 Å². The number of carbonyl (C=O) groups excluding carboxylic acids is 1. The number of hydrogen-bond donors (Lipinski definition) is 2. The van der Waals surface area contributed by atoms with Crippen molar-refractivity contribution in [3.05, 3.63) is 82.3 Å². The Morgan fingerprint density at radius 1 is 1.03 bits per heavy atom. The Hall–Kier alpha value is -3.10. The Bertz CT molecular complexity index is 1250. The molecule has 4 aromatic rings. The molecule has 6 nitrogen and oxygen atoms in total. The predicted molar refractivity (Wildman–Crippen MR) is 131 cm³/mol. The number of aromatic nitrogens is 3. The zero-order valence-electron chi connectivity index (χ0n) is 17.5. The maximum atomic E-state index is 12.6. The van der Waals surface area contributed by atoms with Crippen molar-refractivity contribution >= 4 is 39.3 Å².